The van der Waals surface area contributed by atoms with E-state index in [0.29, 0.717) is 0 Å². The second-order valence-corrected chi connectivity index (χ2v) is 0.846. The number of amides is 1. The van der Waals surface area contributed by atoms with E-state index in [1.807, 2.05) is 0 Å². The molecule has 0 aliphatic carbocycles. The highest BCUT2D eigenvalue weighted by Crippen LogP contribution is 1.33. The van der Waals surface area contributed by atoms with Gasteiger partial charge in [0.2, 0.25) is 5.91 Å². The molecule has 7 heavy (non-hydrogen) atoms. The van der Waals surface area contributed by atoms with Gasteiger partial charge in [-0.05, 0) is 6.20 Å². The predicted octanol–water partition coefficient (Wildman–Crippen LogP) is -0.420. The summed E-state index contributed by atoms with van der Waals surface area (Å²) in [6, 6.07) is 0. The summed E-state index contributed by atoms with van der Waals surface area (Å²) in [6.45, 7) is 4.44. The van der Waals surface area contributed by atoms with Crippen molar-refractivity contribution in [2.45, 2.75) is 6.92 Å². The minimum atomic E-state index is -0.333. The molecule has 0 aromatic rings. The fourth-order valence-corrected chi connectivity index (χ4v) is 0. The molecule has 0 saturated heterocycles. The number of hydrogen-bond donors (Lipinski definition) is 2. The van der Waals surface area contributed by atoms with Crippen molar-refractivity contribution in [3.05, 3.63) is 12.8 Å². The number of hydrogen-bond acceptors (Lipinski definition) is 2. The van der Waals surface area contributed by atoms with Gasteiger partial charge in [0.25, 0.3) is 0 Å². The predicted molar refractivity (Wildman–Crippen MR) is 29.3 cm³/mol. The zero-order valence-electron chi connectivity index (χ0n) is 4.35. The van der Waals surface area contributed by atoms with Gasteiger partial charge in [-0.1, -0.05) is 6.58 Å². The number of carbonyl (C=O) groups is 1. The SMILES string of the molecule is C=CN.CC(N)=O. The van der Waals surface area contributed by atoms with Crippen LogP contribution in [0.5, 0.6) is 0 Å². The fourth-order valence-electron chi connectivity index (χ4n) is 0. The lowest BCUT2D eigenvalue weighted by atomic mass is 10.8. The smallest absolute Gasteiger partial charge is 0.214 e. The minimum absolute atomic E-state index is 0.333. The van der Waals surface area contributed by atoms with Crippen LogP contribution in [0.2, 0.25) is 0 Å². The van der Waals surface area contributed by atoms with E-state index in [4.69, 9.17) is 0 Å². The van der Waals surface area contributed by atoms with Crippen molar-refractivity contribution >= 4 is 5.91 Å². The zero-order chi connectivity index (χ0) is 6.28. The number of primary amides is 1. The van der Waals surface area contributed by atoms with Crippen molar-refractivity contribution in [2.24, 2.45) is 11.5 Å². The minimum Gasteiger partial charge on any atom is -0.405 e. The summed E-state index contributed by atoms with van der Waals surface area (Å²) in [6.07, 6.45) is 1.25. The first kappa shape index (κ1) is 9.38. The summed E-state index contributed by atoms with van der Waals surface area (Å²) in [7, 11) is 0. The lowest BCUT2D eigenvalue weighted by molar-refractivity contribution is -0.115. The summed E-state index contributed by atoms with van der Waals surface area (Å²) >= 11 is 0. The third-order valence-electron chi connectivity index (χ3n) is 0. The first-order valence-corrected chi connectivity index (χ1v) is 1.73. The van der Waals surface area contributed by atoms with E-state index >= 15 is 0 Å². The Bertz CT molecular complexity index is 56.7. The summed E-state index contributed by atoms with van der Waals surface area (Å²) in [5.41, 5.74) is 9.08. The Morgan fingerprint density at radius 2 is 1.86 bits per heavy atom. The van der Waals surface area contributed by atoms with Crippen LogP contribution in [-0.4, -0.2) is 5.91 Å². The van der Waals surface area contributed by atoms with Crippen LogP contribution in [0.25, 0.3) is 0 Å². The number of nitrogens with two attached hydrogens (primary N) is 2. The Morgan fingerprint density at radius 1 is 1.86 bits per heavy atom. The molecular formula is C4H10N2O. The third-order valence-corrected chi connectivity index (χ3v) is 0. The molecule has 0 heterocycles. The molecule has 3 heteroatoms. The van der Waals surface area contributed by atoms with Crippen molar-refractivity contribution in [2.75, 3.05) is 0 Å². The zero-order valence-corrected chi connectivity index (χ0v) is 4.35. The van der Waals surface area contributed by atoms with Gasteiger partial charge in [0.15, 0.2) is 0 Å². The Morgan fingerprint density at radius 3 is 1.86 bits per heavy atom. The molecule has 0 fully saturated rings. The molecule has 0 spiro atoms. The summed E-state index contributed by atoms with van der Waals surface area (Å²) in [5.74, 6) is -0.333. The highest BCUT2D eigenvalue weighted by atomic mass is 16.1. The van der Waals surface area contributed by atoms with Crippen molar-refractivity contribution in [1.82, 2.24) is 0 Å². The second kappa shape index (κ2) is 8.89. The number of rotatable bonds is 0. The highest BCUT2D eigenvalue weighted by Gasteiger charge is 1.61. The van der Waals surface area contributed by atoms with Crippen LogP contribution in [0.4, 0.5) is 0 Å². The maximum Gasteiger partial charge on any atom is 0.214 e. The molecule has 0 aromatic carbocycles. The van der Waals surface area contributed by atoms with E-state index in [9.17, 15) is 4.79 Å². The fraction of sp³-hybridized carbons (Fsp3) is 0.250. The van der Waals surface area contributed by atoms with Crippen LogP contribution in [0, 0.1) is 0 Å². The van der Waals surface area contributed by atoms with Gasteiger partial charge in [-0.3, -0.25) is 4.79 Å². The normalized spacial score (nSPS) is 5.29. The molecule has 3 nitrogen and oxygen atoms in total. The van der Waals surface area contributed by atoms with Gasteiger partial charge in [0, 0.05) is 6.92 Å². The average Bonchev–Trinajstić information content (AvgIpc) is 1.33. The first-order valence-electron chi connectivity index (χ1n) is 1.73. The molecule has 0 atom stereocenters. The van der Waals surface area contributed by atoms with Crippen molar-refractivity contribution < 1.29 is 4.79 Å². The molecule has 0 radical (unpaired) electrons. The molecule has 0 saturated carbocycles. The van der Waals surface area contributed by atoms with Gasteiger partial charge >= 0.3 is 0 Å². The molecule has 1 amide bonds. The molecule has 0 aromatic heterocycles. The molecule has 4 N–H and O–H groups in total. The van der Waals surface area contributed by atoms with Gasteiger partial charge in [0.1, 0.15) is 0 Å². The van der Waals surface area contributed by atoms with Crippen LogP contribution in [0.15, 0.2) is 12.8 Å². The van der Waals surface area contributed by atoms with Gasteiger partial charge in [-0.2, -0.15) is 0 Å². The van der Waals surface area contributed by atoms with Crippen molar-refractivity contribution in [3.63, 3.8) is 0 Å². The lowest BCUT2D eigenvalue weighted by Crippen LogP contribution is -2.01. The van der Waals surface area contributed by atoms with Crippen molar-refractivity contribution in [1.29, 1.82) is 0 Å². The largest absolute Gasteiger partial charge is 0.405 e. The molecule has 0 bridgehead atoms. The summed E-state index contributed by atoms with van der Waals surface area (Å²) in [5, 5.41) is 0. The number of carbonyl (C=O) groups excluding carboxylic acids is 1. The van der Waals surface area contributed by atoms with Gasteiger partial charge in [-0.15, -0.1) is 0 Å². The van der Waals surface area contributed by atoms with Crippen LogP contribution >= 0.6 is 0 Å². The van der Waals surface area contributed by atoms with Gasteiger partial charge in [0.05, 0.1) is 0 Å². The Hall–Kier alpha value is -0.990. The molecule has 0 aliphatic heterocycles. The molecule has 0 unspecified atom stereocenters. The van der Waals surface area contributed by atoms with Crippen LogP contribution in [0.1, 0.15) is 6.92 Å². The molecular weight excluding hydrogens is 92.1 g/mol. The van der Waals surface area contributed by atoms with E-state index < -0.39 is 0 Å². The first-order chi connectivity index (χ1) is 3.15. The lowest BCUT2D eigenvalue weighted by Gasteiger charge is -1.60. The second-order valence-electron chi connectivity index (χ2n) is 0.846. The third kappa shape index (κ3) is 46.3. The van der Waals surface area contributed by atoms with Gasteiger partial charge < -0.3 is 11.5 Å². The Labute approximate surface area is 43.0 Å². The standard InChI is InChI=1S/C2H5NO.C2H5N/c1-2(3)4;1-2-3/h1H3,(H2,3,4);2H,1,3H2. The quantitative estimate of drug-likeness (QED) is 0.436. The monoisotopic (exact) mass is 102 g/mol. The maximum absolute atomic E-state index is 9.22. The van der Waals surface area contributed by atoms with E-state index in [0.717, 1.165) is 0 Å². The van der Waals surface area contributed by atoms with E-state index in [2.05, 4.69) is 18.0 Å². The van der Waals surface area contributed by atoms with Crippen molar-refractivity contribution in [3.8, 4) is 0 Å². The summed E-state index contributed by atoms with van der Waals surface area (Å²) in [4.78, 5) is 9.22. The topological polar surface area (TPSA) is 69.1 Å². The maximum atomic E-state index is 9.22. The van der Waals surface area contributed by atoms with E-state index in [-0.39, 0.29) is 5.91 Å². The van der Waals surface area contributed by atoms with Crippen LogP contribution in [0.3, 0.4) is 0 Å². The van der Waals surface area contributed by atoms with Crippen LogP contribution in [-0.2, 0) is 4.79 Å². The molecule has 42 valence electrons. The highest BCUT2D eigenvalue weighted by molar-refractivity contribution is 5.70. The van der Waals surface area contributed by atoms with E-state index in [1.54, 1.807) is 0 Å². The van der Waals surface area contributed by atoms with Crippen LogP contribution < -0.4 is 11.5 Å². The van der Waals surface area contributed by atoms with Gasteiger partial charge in [-0.25, -0.2) is 0 Å². The molecule has 0 rings (SSSR count). The Balaban J connectivity index is 0. The van der Waals surface area contributed by atoms with E-state index in [1.165, 1.54) is 13.1 Å². The summed E-state index contributed by atoms with van der Waals surface area (Å²) < 4.78 is 0. The Kier molecular flexibility index (Phi) is 11.9. The average molecular weight is 102 g/mol. The molecule has 0 aliphatic rings.